The van der Waals surface area contributed by atoms with Crippen molar-refractivity contribution in [3.05, 3.63) is 12.2 Å². The predicted octanol–water partition coefficient (Wildman–Crippen LogP) is 1.06. The van der Waals surface area contributed by atoms with Crippen molar-refractivity contribution >= 4 is 5.97 Å². The molecule has 0 spiro atoms. The molecule has 3 fully saturated rings. The van der Waals surface area contributed by atoms with Crippen LogP contribution in [0.1, 0.15) is 12.8 Å². The van der Waals surface area contributed by atoms with E-state index in [0.29, 0.717) is 5.92 Å². The Morgan fingerprint density at radius 1 is 1.43 bits per heavy atom. The first-order valence-corrected chi connectivity index (χ1v) is 5.28. The van der Waals surface area contributed by atoms with Gasteiger partial charge >= 0.3 is 5.97 Å². The molecule has 0 amide bonds. The lowest BCUT2D eigenvalue weighted by molar-refractivity contribution is -0.134. The topological polar surface area (TPSA) is 29.5 Å². The minimum Gasteiger partial charge on any atom is -0.466 e. The summed E-state index contributed by atoms with van der Waals surface area (Å²) >= 11 is 0. The number of ether oxygens (including phenoxy) is 1. The Labute approximate surface area is 84.7 Å². The molecule has 0 N–H and O–H groups in total. The predicted molar refractivity (Wildman–Crippen MR) is 53.8 cm³/mol. The second kappa shape index (κ2) is 4.13. The molecular formula is C11H17NO2. The van der Waals surface area contributed by atoms with Crippen molar-refractivity contribution < 1.29 is 9.53 Å². The molecule has 0 saturated carbocycles. The zero-order chi connectivity index (χ0) is 9.97. The van der Waals surface area contributed by atoms with E-state index in [-0.39, 0.29) is 5.97 Å². The van der Waals surface area contributed by atoms with Gasteiger partial charge in [-0.1, -0.05) is 6.08 Å². The fourth-order valence-corrected chi connectivity index (χ4v) is 2.50. The second-order valence-corrected chi connectivity index (χ2v) is 4.18. The lowest BCUT2D eigenvalue weighted by atomic mass is 9.79. The molecule has 3 aliphatic heterocycles. The SMILES string of the molecule is COC(=O)/C=C/C1CN2CCC1CC2. The first-order chi connectivity index (χ1) is 6.79. The highest BCUT2D eigenvalue weighted by Crippen LogP contribution is 2.32. The van der Waals surface area contributed by atoms with Crippen LogP contribution < -0.4 is 0 Å². The molecule has 0 radical (unpaired) electrons. The van der Waals surface area contributed by atoms with Crippen LogP contribution in [0.15, 0.2) is 12.2 Å². The molecule has 0 aliphatic carbocycles. The lowest BCUT2D eigenvalue weighted by Crippen LogP contribution is -2.46. The second-order valence-electron chi connectivity index (χ2n) is 4.18. The molecule has 78 valence electrons. The molecule has 3 heteroatoms. The Morgan fingerprint density at radius 2 is 2.14 bits per heavy atom. The summed E-state index contributed by atoms with van der Waals surface area (Å²) in [6.45, 7) is 3.61. The molecule has 14 heavy (non-hydrogen) atoms. The Hall–Kier alpha value is -0.830. The van der Waals surface area contributed by atoms with Gasteiger partial charge in [0.1, 0.15) is 0 Å². The lowest BCUT2D eigenvalue weighted by Gasteiger charge is -2.43. The maximum atomic E-state index is 10.9. The molecule has 0 aromatic rings. The summed E-state index contributed by atoms with van der Waals surface area (Å²) in [4.78, 5) is 13.4. The van der Waals surface area contributed by atoms with Gasteiger partial charge in [0.2, 0.25) is 0 Å². The van der Waals surface area contributed by atoms with E-state index in [2.05, 4.69) is 9.64 Å². The summed E-state index contributed by atoms with van der Waals surface area (Å²) in [5.41, 5.74) is 0. The van der Waals surface area contributed by atoms with E-state index in [1.807, 2.05) is 6.08 Å². The van der Waals surface area contributed by atoms with Crippen LogP contribution in [0.5, 0.6) is 0 Å². The third kappa shape index (κ3) is 1.98. The quantitative estimate of drug-likeness (QED) is 0.487. The standard InChI is InChI=1S/C11H17NO2/c1-14-11(13)3-2-10-8-12-6-4-9(10)5-7-12/h2-3,9-10H,4-8H2,1H3/b3-2+. The Morgan fingerprint density at radius 3 is 2.64 bits per heavy atom. The van der Waals surface area contributed by atoms with Crippen LogP contribution in [-0.2, 0) is 9.53 Å². The number of esters is 1. The molecule has 3 rings (SSSR count). The molecule has 1 unspecified atom stereocenters. The third-order valence-electron chi connectivity index (χ3n) is 3.39. The van der Waals surface area contributed by atoms with Gasteiger partial charge in [0.15, 0.2) is 0 Å². The highest BCUT2D eigenvalue weighted by molar-refractivity contribution is 5.81. The van der Waals surface area contributed by atoms with Gasteiger partial charge in [-0.3, -0.25) is 0 Å². The maximum Gasteiger partial charge on any atom is 0.330 e. The number of carbonyl (C=O) groups excluding carboxylic acids is 1. The molecular weight excluding hydrogens is 178 g/mol. The van der Waals surface area contributed by atoms with Gasteiger partial charge in [-0.2, -0.15) is 0 Å². The zero-order valence-corrected chi connectivity index (χ0v) is 8.61. The van der Waals surface area contributed by atoms with E-state index in [4.69, 9.17) is 0 Å². The average molecular weight is 195 g/mol. The Kier molecular flexibility index (Phi) is 2.87. The van der Waals surface area contributed by atoms with Gasteiger partial charge in [-0.05, 0) is 37.8 Å². The molecule has 0 aromatic carbocycles. The van der Waals surface area contributed by atoms with Crippen LogP contribution in [0, 0.1) is 11.8 Å². The van der Waals surface area contributed by atoms with Crippen LogP contribution in [0.25, 0.3) is 0 Å². The van der Waals surface area contributed by atoms with E-state index >= 15 is 0 Å². The summed E-state index contributed by atoms with van der Waals surface area (Å²) in [6, 6.07) is 0. The highest BCUT2D eigenvalue weighted by atomic mass is 16.5. The molecule has 2 bridgehead atoms. The fourth-order valence-electron chi connectivity index (χ4n) is 2.50. The molecule has 0 aromatic heterocycles. The number of carbonyl (C=O) groups is 1. The van der Waals surface area contributed by atoms with Crippen molar-refractivity contribution in [2.75, 3.05) is 26.7 Å². The first kappa shape index (κ1) is 9.71. The maximum absolute atomic E-state index is 10.9. The normalized spacial score (nSPS) is 36.2. The van der Waals surface area contributed by atoms with Crippen molar-refractivity contribution in [1.29, 1.82) is 0 Å². The smallest absolute Gasteiger partial charge is 0.330 e. The number of fused-ring (bicyclic) bond motifs is 3. The van der Waals surface area contributed by atoms with Crippen LogP contribution >= 0.6 is 0 Å². The van der Waals surface area contributed by atoms with Crippen molar-refractivity contribution in [2.24, 2.45) is 11.8 Å². The fraction of sp³-hybridized carbons (Fsp3) is 0.727. The molecule has 1 atom stereocenters. The molecule has 3 heterocycles. The van der Waals surface area contributed by atoms with Crippen molar-refractivity contribution in [1.82, 2.24) is 4.90 Å². The number of nitrogens with zero attached hydrogens (tertiary/aromatic N) is 1. The average Bonchev–Trinajstić information content (AvgIpc) is 2.27. The molecule has 3 saturated heterocycles. The number of piperidine rings is 3. The van der Waals surface area contributed by atoms with Crippen LogP contribution in [0.2, 0.25) is 0 Å². The third-order valence-corrected chi connectivity index (χ3v) is 3.39. The van der Waals surface area contributed by atoms with Crippen molar-refractivity contribution in [2.45, 2.75) is 12.8 Å². The molecule has 3 aliphatic rings. The van der Waals surface area contributed by atoms with E-state index in [0.717, 1.165) is 12.5 Å². The summed E-state index contributed by atoms with van der Waals surface area (Å²) in [6.07, 6.45) is 6.18. The minimum atomic E-state index is -0.235. The van der Waals surface area contributed by atoms with Gasteiger partial charge < -0.3 is 9.64 Å². The zero-order valence-electron chi connectivity index (χ0n) is 8.61. The van der Waals surface area contributed by atoms with Gasteiger partial charge in [0.05, 0.1) is 7.11 Å². The Balaban J connectivity index is 1.92. The minimum absolute atomic E-state index is 0.235. The van der Waals surface area contributed by atoms with E-state index in [1.54, 1.807) is 6.08 Å². The summed E-state index contributed by atoms with van der Waals surface area (Å²) in [5.74, 6) is 1.12. The number of rotatable bonds is 2. The van der Waals surface area contributed by atoms with Gasteiger partial charge in [-0.15, -0.1) is 0 Å². The summed E-state index contributed by atoms with van der Waals surface area (Å²) < 4.78 is 4.58. The van der Waals surface area contributed by atoms with Crippen molar-refractivity contribution in [3.8, 4) is 0 Å². The highest BCUT2D eigenvalue weighted by Gasteiger charge is 2.32. The number of hydrogen-bond donors (Lipinski definition) is 0. The number of methoxy groups -OCH3 is 1. The summed E-state index contributed by atoms with van der Waals surface area (Å²) in [7, 11) is 1.42. The summed E-state index contributed by atoms with van der Waals surface area (Å²) in [5, 5.41) is 0. The van der Waals surface area contributed by atoms with E-state index in [9.17, 15) is 4.79 Å². The van der Waals surface area contributed by atoms with Gasteiger partial charge in [0.25, 0.3) is 0 Å². The monoisotopic (exact) mass is 195 g/mol. The van der Waals surface area contributed by atoms with Gasteiger partial charge in [0, 0.05) is 12.6 Å². The van der Waals surface area contributed by atoms with Gasteiger partial charge in [-0.25, -0.2) is 4.79 Å². The van der Waals surface area contributed by atoms with Crippen molar-refractivity contribution in [3.63, 3.8) is 0 Å². The largest absolute Gasteiger partial charge is 0.466 e. The Bertz CT molecular complexity index is 242. The van der Waals surface area contributed by atoms with Crippen LogP contribution in [-0.4, -0.2) is 37.6 Å². The van der Waals surface area contributed by atoms with E-state index < -0.39 is 0 Å². The first-order valence-electron chi connectivity index (χ1n) is 5.28. The molecule has 3 nitrogen and oxygen atoms in total. The number of hydrogen-bond acceptors (Lipinski definition) is 3. The van der Waals surface area contributed by atoms with E-state index in [1.165, 1.54) is 33.0 Å². The van der Waals surface area contributed by atoms with Crippen LogP contribution in [0.4, 0.5) is 0 Å². The van der Waals surface area contributed by atoms with Crippen LogP contribution in [0.3, 0.4) is 0 Å².